The van der Waals surface area contributed by atoms with E-state index in [1.165, 1.54) is 0 Å². The Morgan fingerprint density at radius 3 is 2.12 bits per heavy atom. The summed E-state index contributed by atoms with van der Waals surface area (Å²) in [6.45, 7) is 13.8. The number of halogens is 2. The third-order valence-corrected chi connectivity index (χ3v) is 11.8. The summed E-state index contributed by atoms with van der Waals surface area (Å²) in [6, 6.07) is 12.6. The highest BCUT2D eigenvalue weighted by atomic mass is 35.5. The van der Waals surface area contributed by atoms with Gasteiger partial charge in [0.2, 0.25) is 0 Å². The Labute approximate surface area is 260 Å². The minimum atomic E-state index is -3.80. The molecule has 0 radical (unpaired) electrons. The second-order valence-corrected chi connectivity index (χ2v) is 14.6. The SMILES string of the molecule is Cc1c(C)c(C)c(S(=O)(=O)Nc2ccc(C(=O)N3CCCC4(CCN(Cc5ccc(Cl)c(Cl)c5)C4)C3)cc2)c(C)c1C. The van der Waals surface area contributed by atoms with Crippen LogP contribution < -0.4 is 4.72 Å². The number of hydrogen-bond donors (Lipinski definition) is 1. The van der Waals surface area contributed by atoms with E-state index in [9.17, 15) is 13.2 Å². The second-order valence-electron chi connectivity index (χ2n) is 12.2. The average molecular weight is 629 g/mol. The Kier molecular flexibility index (Phi) is 8.70. The number of benzene rings is 3. The number of nitrogens with zero attached hydrogens (tertiary/aromatic N) is 2. The zero-order valence-electron chi connectivity index (χ0n) is 25.0. The van der Waals surface area contributed by atoms with Gasteiger partial charge in [0.1, 0.15) is 0 Å². The number of piperidine rings is 1. The Morgan fingerprint density at radius 1 is 0.833 bits per heavy atom. The van der Waals surface area contributed by atoms with Gasteiger partial charge in [0.05, 0.1) is 14.9 Å². The lowest BCUT2D eigenvalue weighted by atomic mass is 9.79. The monoisotopic (exact) mass is 627 g/mol. The van der Waals surface area contributed by atoms with E-state index in [0.717, 1.165) is 85.4 Å². The van der Waals surface area contributed by atoms with E-state index in [0.29, 0.717) is 26.2 Å². The number of carbonyl (C=O) groups is 1. The van der Waals surface area contributed by atoms with Gasteiger partial charge in [-0.15, -0.1) is 0 Å². The van der Waals surface area contributed by atoms with E-state index in [4.69, 9.17) is 23.2 Å². The van der Waals surface area contributed by atoms with Crippen molar-refractivity contribution in [2.75, 3.05) is 30.9 Å². The molecule has 2 fully saturated rings. The third kappa shape index (κ3) is 6.07. The Bertz CT molecular complexity index is 1610. The van der Waals surface area contributed by atoms with Crippen LogP contribution in [0, 0.1) is 40.0 Å². The van der Waals surface area contributed by atoms with Gasteiger partial charge in [-0.1, -0.05) is 29.3 Å². The van der Waals surface area contributed by atoms with E-state index >= 15 is 0 Å². The molecule has 0 aromatic heterocycles. The van der Waals surface area contributed by atoms with E-state index < -0.39 is 10.0 Å². The minimum Gasteiger partial charge on any atom is -0.338 e. The van der Waals surface area contributed by atoms with Crippen molar-refractivity contribution in [1.29, 1.82) is 0 Å². The molecule has 1 spiro atoms. The largest absolute Gasteiger partial charge is 0.338 e. The second kappa shape index (κ2) is 11.8. The molecule has 224 valence electrons. The first-order valence-electron chi connectivity index (χ1n) is 14.5. The predicted molar refractivity (Wildman–Crippen MR) is 171 cm³/mol. The van der Waals surface area contributed by atoms with Crippen LogP contribution >= 0.6 is 23.2 Å². The lowest BCUT2D eigenvalue weighted by Gasteiger charge is -2.40. The highest BCUT2D eigenvalue weighted by Gasteiger charge is 2.42. The smallest absolute Gasteiger partial charge is 0.262 e. The van der Waals surface area contributed by atoms with Gasteiger partial charge in [-0.05, 0) is 130 Å². The van der Waals surface area contributed by atoms with Crippen LogP contribution in [0.5, 0.6) is 0 Å². The maximum absolute atomic E-state index is 13.5. The van der Waals surface area contributed by atoms with Gasteiger partial charge >= 0.3 is 0 Å². The van der Waals surface area contributed by atoms with Crippen molar-refractivity contribution in [3.8, 4) is 0 Å². The van der Waals surface area contributed by atoms with Gasteiger partial charge in [-0.3, -0.25) is 14.4 Å². The Morgan fingerprint density at radius 2 is 1.48 bits per heavy atom. The fourth-order valence-corrected chi connectivity index (χ4v) is 8.69. The molecule has 1 N–H and O–H groups in total. The summed E-state index contributed by atoms with van der Waals surface area (Å²) in [5, 5.41) is 1.13. The van der Waals surface area contributed by atoms with Gasteiger partial charge in [-0.25, -0.2) is 8.42 Å². The molecule has 0 aliphatic carbocycles. The molecule has 1 amide bonds. The summed E-state index contributed by atoms with van der Waals surface area (Å²) in [7, 11) is -3.80. The topological polar surface area (TPSA) is 69.7 Å². The van der Waals surface area contributed by atoms with Crippen molar-refractivity contribution < 1.29 is 13.2 Å². The van der Waals surface area contributed by atoms with Crippen molar-refractivity contribution in [2.24, 2.45) is 5.41 Å². The number of anilines is 1. The number of carbonyl (C=O) groups excluding carboxylic acids is 1. The number of hydrogen-bond acceptors (Lipinski definition) is 4. The van der Waals surface area contributed by atoms with E-state index in [1.54, 1.807) is 24.3 Å². The van der Waals surface area contributed by atoms with Crippen LogP contribution in [0.3, 0.4) is 0 Å². The van der Waals surface area contributed by atoms with Gasteiger partial charge in [0.25, 0.3) is 15.9 Å². The summed E-state index contributed by atoms with van der Waals surface area (Å²) in [5.41, 5.74) is 6.83. The molecular formula is C33H39Cl2N3O3S. The zero-order chi connectivity index (χ0) is 30.4. The van der Waals surface area contributed by atoms with Gasteiger partial charge < -0.3 is 4.90 Å². The lowest BCUT2D eigenvalue weighted by Crippen LogP contribution is -2.47. The number of likely N-dealkylation sites (tertiary alicyclic amines) is 2. The van der Waals surface area contributed by atoms with Crippen molar-refractivity contribution in [1.82, 2.24) is 9.80 Å². The molecule has 5 rings (SSSR count). The Hall–Kier alpha value is -2.58. The van der Waals surface area contributed by atoms with Crippen molar-refractivity contribution in [3.05, 3.63) is 91.5 Å². The van der Waals surface area contributed by atoms with Crippen molar-refractivity contribution in [2.45, 2.75) is 65.3 Å². The van der Waals surface area contributed by atoms with Crippen LogP contribution in [0.2, 0.25) is 10.0 Å². The molecule has 0 saturated carbocycles. The quantitative estimate of drug-likeness (QED) is 0.308. The van der Waals surface area contributed by atoms with Crippen molar-refractivity contribution >= 4 is 44.8 Å². The van der Waals surface area contributed by atoms with Crippen LogP contribution in [-0.4, -0.2) is 50.3 Å². The standard InChI is InChI=1S/C33H39Cl2N3O3S/c1-21-22(2)24(4)31(25(5)23(21)3)42(40,41)36-28-10-8-27(9-11-28)32(39)38-15-6-13-33(20-38)14-16-37(19-33)18-26-7-12-29(34)30(35)17-26/h7-12,17,36H,6,13-16,18-20H2,1-5H3. The molecule has 6 nitrogen and oxygen atoms in total. The summed E-state index contributed by atoms with van der Waals surface area (Å²) in [4.78, 5) is 18.3. The molecule has 2 aliphatic heterocycles. The molecular weight excluding hydrogens is 589 g/mol. The van der Waals surface area contributed by atoms with Crippen LogP contribution in [0.4, 0.5) is 5.69 Å². The zero-order valence-corrected chi connectivity index (χ0v) is 27.3. The number of nitrogens with one attached hydrogen (secondary N) is 1. The summed E-state index contributed by atoms with van der Waals surface area (Å²) in [6.07, 6.45) is 3.13. The van der Waals surface area contributed by atoms with E-state index in [2.05, 4.69) is 9.62 Å². The molecule has 2 saturated heterocycles. The maximum atomic E-state index is 13.5. The first-order valence-corrected chi connectivity index (χ1v) is 16.7. The van der Waals surface area contributed by atoms with Crippen LogP contribution in [0.1, 0.15) is 63.0 Å². The Balaban J connectivity index is 1.25. The number of rotatable bonds is 6. The van der Waals surface area contributed by atoms with Gasteiger partial charge in [0, 0.05) is 42.8 Å². The van der Waals surface area contributed by atoms with Crippen LogP contribution in [-0.2, 0) is 16.6 Å². The summed E-state index contributed by atoms with van der Waals surface area (Å²) >= 11 is 12.3. The first-order chi connectivity index (χ1) is 19.8. The highest BCUT2D eigenvalue weighted by Crippen LogP contribution is 2.40. The molecule has 2 heterocycles. The third-order valence-electron chi connectivity index (χ3n) is 9.44. The predicted octanol–water partition coefficient (Wildman–Crippen LogP) is 7.46. The fraction of sp³-hybridized carbons (Fsp3) is 0.424. The number of amides is 1. The molecule has 1 atom stereocenters. The fourth-order valence-electron chi connectivity index (χ4n) is 6.71. The van der Waals surface area contributed by atoms with Crippen LogP contribution in [0.25, 0.3) is 0 Å². The van der Waals surface area contributed by atoms with Crippen LogP contribution in [0.15, 0.2) is 47.4 Å². The van der Waals surface area contributed by atoms with E-state index in [-0.39, 0.29) is 11.3 Å². The number of sulfonamides is 1. The maximum Gasteiger partial charge on any atom is 0.262 e. The summed E-state index contributed by atoms with van der Waals surface area (Å²) < 4.78 is 29.6. The normalized spacial score (nSPS) is 19.5. The highest BCUT2D eigenvalue weighted by molar-refractivity contribution is 7.92. The molecule has 9 heteroatoms. The molecule has 0 bridgehead atoms. The summed E-state index contributed by atoms with van der Waals surface area (Å²) in [5.74, 6) is -0.0112. The molecule has 42 heavy (non-hydrogen) atoms. The molecule has 1 unspecified atom stereocenters. The molecule has 3 aromatic rings. The lowest BCUT2D eigenvalue weighted by molar-refractivity contribution is 0.0527. The van der Waals surface area contributed by atoms with Crippen molar-refractivity contribution in [3.63, 3.8) is 0 Å². The first kappa shape index (κ1) is 30.9. The molecule has 3 aromatic carbocycles. The minimum absolute atomic E-state index is 0.0112. The van der Waals surface area contributed by atoms with Gasteiger partial charge in [0.15, 0.2) is 0 Å². The average Bonchev–Trinajstić information content (AvgIpc) is 3.33. The van der Waals surface area contributed by atoms with E-state index in [1.807, 2.05) is 57.7 Å². The van der Waals surface area contributed by atoms with Gasteiger partial charge in [-0.2, -0.15) is 0 Å². The molecule has 2 aliphatic rings.